The van der Waals surface area contributed by atoms with Crippen LogP contribution in [0.5, 0.6) is 11.5 Å². The Bertz CT molecular complexity index is 864. The molecular formula is C21H23F3N2O3. The number of halogens is 3. The minimum Gasteiger partial charge on any atom is -0.493 e. The lowest BCUT2D eigenvalue weighted by Crippen LogP contribution is -2.52. The van der Waals surface area contributed by atoms with Crippen molar-refractivity contribution in [2.24, 2.45) is 5.92 Å². The highest BCUT2D eigenvalue weighted by Gasteiger charge is 2.32. The maximum absolute atomic E-state index is 12.8. The molecule has 0 saturated carbocycles. The Labute approximate surface area is 167 Å². The van der Waals surface area contributed by atoms with Crippen LogP contribution in [0.25, 0.3) is 0 Å². The second-order valence-corrected chi connectivity index (χ2v) is 6.98. The van der Waals surface area contributed by atoms with E-state index < -0.39 is 11.7 Å². The number of hydrogen-bond donors (Lipinski definition) is 1. The van der Waals surface area contributed by atoms with Crippen molar-refractivity contribution in [2.45, 2.75) is 19.3 Å². The SMILES string of the molecule is CNC(=O)C1CN(Cc2ccc(OCc3cccc(C(F)(F)F)c3)c(OC)c2)C1. The molecule has 0 unspecified atom stereocenters. The van der Waals surface area contributed by atoms with Crippen LogP contribution in [0.15, 0.2) is 42.5 Å². The summed E-state index contributed by atoms with van der Waals surface area (Å²) in [5, 5.41) is 2.65. The van der Waals surface area contributed by atoms with Crippen molar-refractivity contribution in [3.63, 3.8) is 0 Å². The van der Waals surface area contributed by atoms with Gasteiger partial charge >= 0.3 is 6.18 Å². The third kappa shape index (κ3) is 5.20. The summed E-state index contributed by atoms with van der Waals surface area (Å²) in [6.07, 6.45) is -4.39. The quantitative estimate of drug-likeness (QED) is 0.762. The van der Waals surface area contributed by atoms with Crippen LogP contribution in [-0.2, 0) is 24.1 Å². The summed E-state index contributed by atoms with van der Waals surface area (Å²) >= 11 is 0. The molecule has 0 spiro atoms. The van der Waals surface area contributed by atoms with Gasteiger partial charge < -0.3 is 14.8 Å². The Morgan fingerprint density at radius 2 is 1.90 bits per heavy atom. The number of amides is 1. The molecule has 29 heavy (non-hydrogen) atoms. The summed E-state index contributed by atoms with van der Waals surface area (Å²) in [6, 6.07) is 10.5. The topological polar surface area (TPSA) is 50.8 Å². The second kappa shape index (κ2) is 8.73. The van der Waals surface area contributed by atoms with Crippen LogP contribution in [-0.4, -0.2) is 38.1 Å². The van der Waals surface area contributed by atoms with Crippen molar-refractivity contribution >= 4 is 5.91 Å². The first kappa shape index (κ1) is 21.0. The molecule has 0 bridgehead atoms. The van der Waals surface area contributed by atoms with Crippen molar-refractivity contribution < 1.29 is 27.4 Å². The summed E-state index contributed by atoms with van der Waals surface area (Å²) in [5.41, 5.74) is 0.723. The van der Waals surface area contributed by atoms with Gasteiger partial charge in [0.15, 0.2) is 11.5 Å². The molecule has 156 valence electrons. The van der Waals surface area contributed by atoms with Gasteiger partial charge in [0.1, 0.15) is 6.61 Å². The van der Waals surface area contributed by atoms with Gasteiger partial charge in [0.05, 0.1) is 18.6 Å². The Kier molecular flexibility index (Phi) is 6.32. The van der Waals surface area contributed by atoms with E-state index in [-0.39, 0.29) is 18.4 Å². The third-order valence-corrected chi connectivity index (χ3v) is 4.86. The second-order valence-electron chi connectivity index (χ2n) is 6.98. The molecule has 2 aromatic rings. The van der Waals surface area contributed by atoms with Crippen molar-refractivity contribution in [1.29, 1.82) is 0 Å². The van der Waals surface area contributed by atoms with Crippen LogP contribution >= 0.6 is 0 Å². The van der Waals surface area contributed by atoms with Crippen LogP contribution in [0.1, 0.15) is 16.7 Å². The average Bonchev–Trinajstić information content (AvgIpc) is 2.68. The molecule has 2 aromatic carbocycles. The zero-order chi connectivity index (χ0) is 21.0. The van der Waals surface area contributed by atoms with Gasteiger partial charge in [0.2, 0.25) is 5.91 Å². The number of rotatable bonds is 7. The standard InChI is InChI=1S/C21H23F3N2O3/c1-25-20(27)16-11-26(12-16)10-14-6-7-18(19(9-14)28-2)29-13-15-4-3-5-17(8-15)21(22,23)24/h3-9,16H,10-13H2,1-2H3,(H,25,27). The summed E-state index contributed by atoms with van der Waals surface area (Å²) in [5.74, 6) is 1.05. The molecule has 1 heterocycles. The lowest BCUT2D eigenvalue weighted by molar-refractivity contribution is -0.137. The first-order chi connectivity index (χ1) is 13.8. The number of alkyl halides is 3. The number of nitrogens with zero attached hydrogens (tertiary/aromatic N) is 1. The van der Waals surface area contributed by atoms with E-state index in [0.29, 0.717) is 36.7 Å². The van der Waals surface area contributed by atoms with Crippen LogP contribution in [0.4, 0.5) is 13.2 Å². The number of carbonyl (C=O) groups excluding carboxylic acids is 1. The van der Waals surface area contributed by atoms with E-state index in [0.717, 1.165) is 17.7 Å². The highest BCUT2D eigenvalue weighted by Crippen LogP contribution is 2.32. The number of methoxy groups -OCH3 is 1. The van der Waals surface area contributed by atoms with Gasteiger partial charge in [0, 0.05) is 26.7 Å². The highest BCUT2D eigenvalue weighted by molar-refractivity contribution is 5.79. The number of benzene rings is 2. The summed E-state index contributed by atoms with van der Waals surface area (Å²) in [4.78, 5) is 13.7. The van der Waals surface area contributed by atoms with E-state index in [2.05, 4.69) is 10.2 Å². The largest absolute Gasteiger partial charge is 0.493 e. The van der Waals surface area contributed by atoms with E-state index in [1.54, 1.807) is 19.2 Å². The van der Waals surface area contributed by atoms with Gasteiger partial charge in [0.25, 0.3) is 0 Å². The molecule has 0 radical (unpaired) electrons. The fourth-order valence-electron chi connectivity index (χ4n) is 3.26. The minimum absolute atomic E-state index is 0.000436. The van der Waals surface area contributed by atoms with Crippen LogP contribution in [0, 0.1) is 5.92 Å². The van der Waals surface area contributed by atoms with E-state index >= 15 is 0 Å². The van der Waals surface area contributed by atoms with Gasteiger partial charge in [-0.15, -0.1) is 0 Å². The molecule has 8 heteroatoms. The molecule has 1 N–H and O–H groups in total. The number of carbonyl (C=O) groups is 1. The predicted octanol–water partition coefficient (Wildman–Crippen LogP) is 3.47. The molecule has 0 aliphatic carbocycles. The first-order valence-electron chi connectivity index (χ1n) is 9.20. The first-order valence-corrected chi connectivity index (χ1v) is 9.20. The average molecular weight is 408 g/mol. The molecule has 1 amide bonds. The van der Waals surface area contributed by atoms with Crippen molar-refractivity contribution in [3.8, 4) is 11.5 Å². The van der Waals surface area contributed by atoms with E-state index in [9.17, 15) is 18.0 Å². The molecule has 3 rings (SSSR count). The summed E-state index contributed by atoms with van der Waals surface area (Å²) in [6.45, 7) is 2.09. The molecule has 1 aliphatic heterocycles. The normalized spacial score (nSPS) is 14.9. The monoisotopic (exact) mass is 408 g/mol. The highest BCUT2D eigenvalue weighted by atomic mass is 19.4. The fraction of sp³-hybridized carbons (Fsp3) is 0.381. The molecular weight excluding hydrogens is 385 g/mol. The van der Waals surface area contributed by atoms with Crippen molar-refractivity contribution in [1.82, 2.24) is 10.2 Å². The lowest BCUT2D eigenvalue weighted by atomic mass is 9.98. The van der Waals surface area contributed by atoms with Crippen LogP contribution in [0.3, 0.4) is 0 Å². The Hall–Kier alpha value is -2.74. The molecule has 0 aromatic heterocycles. The summed E-state index contributed by atoms with van der Waals surface area (Å²) < 4.78 is 49.6. The van der Waals surface area contributed by atoms with Gasteiger partial charge in [-0.1, -0.05) is 18.2 Å². The number of ether oxygens (including phenoxy) is 2. The van der Waals surface area contributed by atoms with Crippen LogP contribution in [0.2, 0.25) is 0 Å². The zero-order valence-corrected chi connectivity index (χ0v) is 16.3. The lowest BCUT2D eigenvalue weighted by Gasteiger charge is -2.38. The number of likely N-dealkylation sites (tertiary alicyclic amines) is 1. The zero-order valence-electron chi connectivity index (χ0n) is 16.3. The minimum atomic E-state index is -4.39. The van der Waals surface area contributed by atoms with E-state index in [1.807, 2.05) is 12.1 Å². The molecule has 1 saturated heterocycles. The maximum atomic E-state index is 12.8. The Morgan fingerprint density at radius 1 is 1.14 bits per heavy atom. The predicted molar refractivity (Wildman–Crippen MR) is 102 cm³/mol. The van der Waals surface area contributed by atoms with Crippen molar-refractivity contribution in [2.75, 3.05) is 27.2 Å². The number of hydrogen-bond acceptors (Lipinski definition) is 4. The Balaban J connectivity index is 1.60. The maximum Gasteiger partial charge on any atom is 0.416 e. The van der Waals surface area contributed by atoms with E-state index in [1.165, 1.54) is 13.2 Å². The Morgan fingerprint density at radius 3 is 2.55 bits per heavy atom. The molecule has 1 fully saturated rings. The van der Waals surface area contributed by atoms with Gasteiger partial charge in [-0.2, -0.15) is 13.2 Å². The van der Waals surface area contributed by atoms with Gasteiger partial charge in [-0.25, -0.2) is 0 Å². The molecule has 0 atom stereocenters. The third-order valence-electron chi connectivity index (χ3n) is 4.86. The number of nitrogens with one attached hydrogen (secondary N) is 1. The molecule has 5 nitrogen and oxygen atoms in total. The van der Waals surface area contributed by atoms with Gasteiger partial charge in [-0.3, -0.25) is 9.69 Å². The molecule has 1 aliphatic rings. The van der Waals surface area contributed by atoms with E-state index in [4.69, 9.17) is 9.47 Å². The van der Waals surface area contributed by atoms with Crippen LogP contribution < -0.4 is 14.8 Å². The smallest absolute Gasteiger partial charge is 0.416 e. The fourth-order valence-corrected chi connectivity index (χ4v) is 3.26. The van der Waals surface area contributed by atoms with Gasteiger partial charge in [-0.05, 0) is 35.4 Å². The van der Waals surface area contributed by atoms with Crippen molar-refractivity contribution in [3.05, 3.63) is 59.2 Å². The summed E-state index contributed by atoms with van der Waals surface area (Å²) in [7, 11) is 3.15.